The molecule has 0 radical (unpaired) electrons. The molecule has 0 fully saturated rings. The summed E-state index contributed by atoms with van der Waals surface area (Å²) < 4.78 is 0. The lowest BCUT2D eigenvalue weighted by atomic mass is 10.0. The van der Waals surface area contributed by atoms with Crippen molar-refractivity contribution >= 4 is 21.9 Å². The summed E-state index contributed by atoms with van der Waals surface area (Å²) in [6.45, 7) is 0. The van der Waals surface area contributed by atoms with E-state index in [1.807, 2.05) is 6.07 Å². The van der Waals surface area contributed by atoms with Crippen LogP contribution < -0.4 is 0 Å². The summed E-state index contributed by atoms with van der Waals surface area (Å²) in [5.74, 6) is -1.33. The van der Waals surface area contributed by atoms with Crippen LogP contribution in [0.4, 0.5) is 0 Å². The lowest BCUT2D eigenvalue weighted by Gasteiger charge is -2.07. The molecule has 0 saturated carbocycles. The first-order chi connectivity index (χ1) is 7.08. The number of hydrogen-bond donors (Lipinski definition) is 2. The second-order valence-corrected chi connectivity index (χ2v) is 3.51. The minimum absolute atomic E-state index is 0.219. The SMILES string of the molecule is N#Cc1cc(CBr)cc(C(O)C(=O)O)c1. The van der Waals surface area contributed by atoms with Crippen LogP contribution in [0.1, 0.15) is 22.8 Å². The molecule has 0 aliphatic heterocycles. The lowest BCUT2D eigenvalue weighted by Crippen LogP contribution is -2.10. The van der Waals surface area contributed by atoms with Crippen LogP contribution in [-0.2, 0) is 10.1 Å². The summed E-state index contributed by atoms with van der Waals surface area (Å²) in [6.07, 6.45) is -1.59. The number of aliphatic hydroxyl groups is 1. The van der Waals surface area contributed by atoms with Crippen molar-refractivity contribution in [1.29, 1.82) is 5.26 Å². The number of nitrogens with zero attached hydrogens (tertiary/aromatic N) is 1. The van der Waals surface area contributed by atoms with Crippen LogP contribution >= 0.6 is 15.9 Å². The fraction of sp³-hybridized carbons (Fsp3) is 0.200. The van der Waals surface area contributed by atoms with Crippen molar-refractivity contribution in [2.45, 2.75) is 11.4 Å². The van der Waals surface area contributed by atoms with Crippen molar-refractivity contribution < 1.29 is 15.0 Å². The third-order valence-corrected chi connectivity index (χ3v) is 2.50. The Morgan fingerprint density at radius 1 is 1.53 bits per heavy atom. The maximum absolute atomic E-state index is 10.6. The van der Waals surface area contributed by atoms with Crippen LogP contribution in [0.3, 0.4) is 0 Å². The van der Waals surface area contributed by atoms with Crippen LogP contribution in [0.5, 0.6) is 0 Å². The average molecular weight is 270 g/mol. The number of carbonyl (C=O) groups is 1. The Labute approximate surface area is 94.9 Å². The van der Waals surface area contributed by atoms with Gasteiger partial charge in [0, 0.05) is 5.33 Å². The molecule has 0 aromatic heterocycles. The molecule has 0 aliphatic carbocycles. The van der Waals surface area contributed by atoms with Gasteiger partial charge in [-0.15, -0.1) is 0 Å². The maximum Gasteiger partial charge on any atom is 0.337 e. The smallest absolute Gasteiger partial charge is 0.337 e. The van der Waals surface area contributed by atoms with E-state index >= 15 is 0 Å². The van der Waals surface area contributed by atoms with Gasteiger partial charge in [0.05, 0.1) is 11.6 Å². The van der Waals surface area contributed by atoms with E-state index < -0.39 is 12.1 Å². The number of carboxylic acid groups (broad SMARTS) is 1. The van der Waals surface area contributed by atoms with Gasteiger partial charge in [-0.3, -0.25) is 0 Å². The highest BCUT2D eigenvalue weighted by atomic mass is 79.9. The third-order valence-electron chi connectivity index (χ3n) is 1.85. The maximum atomic E-state index is 10.6. The number of hydrogen-bond acceptors (Lipinski definition) is 3. The van der Waals surface area contributed by atoms with E-state index in [-0.39, 0.29) is 5.56 Å². The Bertz CT molecular complexity index is 425. The predicted molar refractivity (Wildman–Crippen MR) is 56.4 cm³/mol. The van der Waals surface area contributed by atoms with Crippen molar-refractivity contribution in [1.82, 2.24) is 0 Å². The normalized spacial score (nSPS) is 11.8. The van der Waals surface area contributed by atoms with Crippen molar-refractivity contribution in [2.75, 3.05) is 0 Å². The standard InChI is InChI=1S/C10H8BrNO3/c11-4-6-1-7(5-12)3-8(2-6)9(13)10(14)15/h1-3,9,13H,4H2,(H,14,15). The fourth-order valence-corrected chi connectivity index (χ4v) is 1.48. The van der Waals surface area contributed by atoms with Crippen molar-refractivity contribution in [2.24, 2.45) is 0 Å². The summed E-state index contributed by atoms with van der Waals surface area (Å²) in [4.78, 5) is 10.6. The Balaban J connectivity index is 3.19. The molecule has 1 unspecified atom stereocenters. The van der Waals surface area contributed by atoms with Gasteiger partial charge in [0.25, 0.3) is 0 Å². The summed E-state index contributed by atoms with van der Waals surface area (Å²) >= 11 is 3.20. The van der Waals surface area contributed by atoms with Gasteiger partial charge in [-0.1, -0.05) is 22.0 Å². The van der Waals surface area contributed by atoms with Gasteiger partial charge in [0.15, 0.2) is 6.10 Å². The molecule has 1 aromatic carbocycles. The second kappa shape index (κ2) is 4.91. The molecule has 15 heavy (non-hydrogen) atoms. The minimum atomic E-state index is -1.59. The van der Waals surface area contributed by atoms with Crippen molar-refractivity contribution in [3.8, 4) is 6.07 Å². The molecule has 0 aliphatic rings. The largest absolute Gasteiger partial charge is 0.479 e. The fourth-order valence-electron chi connectivity index (χ4n) is 1.16. The zero-order chi connectivity index (χ0) is 11.4. The van der Waals surface area contributed by atoms with Crippen molar-refractivity contribution in [3.63, 3.8) is 0 Å². The first-order valence-electron chi connectivity index (χ1n) is 4.09. The molecule has 4 nitrogen and oxygen atoms in total. The first-order valence-corrected chi connectivity index (χ1v) is 5.21. The molecule has 1 rings (SSSR count). The number of carboxylic acids is 1. The topological polar surface area (TPSA) is 81.3 Å². The number of aliphatic hydroxyl groups excluding tert-OH is 1. The van der Waals surface area contributed by atoms with Gasteiger partial charge in [0.2, 0.25) is 0 Å². The first kappa shape index (κ1) is 11.7. The van der Waals surface area contributed by atoms with Gasteiger partial charge in [-0.25, -0.2) is 4.79 Å². The molecule has 0 saturated heterocycles. The molecule has 5 heteroatoms. The molecule has 2 N–H and O–H groups in total. The highest BCUT2D eigenvalue weighted by Crippen LogP contribution is 2.19. The van der Waals surface area contributed by atoms with E-state index in [0.29, 0.717) is 10.9 Å². The number of nitriles is 1. The number of aliphatic carboxylic acids is 1. The van der Waals surface area contributed by atoms with Gasteiger partial charge in [0.1, 0.15) is 0 Å². The van der Waals surface area contributed by atoms with Crippen LogP contribution in [0, 0.1) is 11.3 Å². The third kappa shape index (κ3) is 2.78. The molecule has 0 heterocycles. The van der Waals surface area contributed by atoms with E-state index in [0.717, 1.165) is 5.56 Å². The van der Waals surface area contributed by atoms with E-state index in [4.69, 9.17) is 10.4 Å². The molecule has 1 aromatic rings. The molecule has 78 valence electrons. The zero-order valence-electron chi connectivity index (χ0n) is 7.64. The Kier molecular flexibility index (Phi) is 3.83. The van der Waals surface area contributed by atoms with Gasteiger partial charge < -0.3 is 10.2 Å². The molecule has 0 bridgehead atoms. The summed E-state index contributed by atoms with van der Waals surface area (Å²) in [6, 6.07) is 6.46. The van der Waals surface area contributed by atoms with E-state index in [1.54, 1.807) is 12.1 Å². The number of halogens is 1. The zero-order valence-corrected chi connectivity index (χ0v) is 9.23. The van der Waals surface area contributed by atoms with Gasteiger partial charge in [-0.05, 0) is 23.3 Å². The molecule has 1 atom stereocenters. The van der Waals surface area contributed by atoms with Crippen LogP contribution in [0.2, 0.25) is 0 Å². The molecule has 0 spiro atoms. The van der Waals surface area contributed by atoms with Crippen molar-refractivity contribution in [3.05, 3.63) is 34.9 Å². The molecule has 0 amide bonds. The van der Waals surface area contributed by atoms with Crippen LogP contribution in [-0.4, -0.2) is 16.2 Å². The summed E-state index contributed by atoms with van der Waals surface area (Å²) in [5.41, 5.74) is 1.31. The Morgan fingerprint density at radius 2 is 2.20 bits per heavy atom. The number of benzene rings is 1. The molecular formula is C10H8BrNO3. The van der Waals surface area contributed by atoms with Crippen LogP contribution in [0.15, 0.2) is 18.2 Å². The highest BCUT2D eigenvalue weighted by molar-refractivity contribution is 9.08. The second-order valence-electron chi connectivity index (χ2n) is 2.95. The minimum Gasteiger partial charge on any atom is -0.479 e. The Hall–Kier alpha value is -1.38. The van der Waals surface area contributed by atoms with E-state index in [2.05, 4.69) is 15.9 Å². The quantitative estimate of drug-likeness (QED) is 0.817. The summed E-state index contributed by atoms with van der Waals surface area (Å²) in [7, 11) is 0. The monoisotopic (exact) mass is 269 g/mol. The average Bonchev–Trinajstić information content (AvgIpc) is 2.27. The van der Waals surface area contributed by atoms with Gasteiger partial charge >= 0.3 is 5.97 Å². The Morgan fingerprint density at radius 3 is 2.67 bits per heavy atom. The lowest BCUT2D eigenvalue weighted by molar-refractivity contribution is -0.146. The van der Waals surface area contributed by atoms with Gasteiger partial charge in [-0.2, -0.15) is 5.26 Å². The van der Waals surface area contributed by atoms with Crippen LogP contribution in [0.25, 0.3) is 0 Å². The van der Waals surface area contributed by atoms with E-state index in [1.165, 1.54) is 6.07 Å². The predicted octanol–water partition coefficient (Wildman–Crippen LogP) is 1.57. The highest BCUT2D eigenvalue weighted by Gasteiger charge is 2.16. The number of rotatable bonds is 3. The number of alkyl halides is 1. The summed E-state index contributed by atoms with van der Waals surface area (Å²) in [5, 5.41) is 27.1. The van der Waals surface area contributed by atoms with E-state index in [9.17, 15) is 9.90 Å². The molecular weight excluding hydrogens is 262 g/mol.